The molecule has 1 atom stereocenters. The molecule has 1 fully saturated rings. The summed E-state index contributed by atoms with van der Waals surface area (Å²) in [6.07, 6.45) is 1.70. The van der Waals surface area contributed by atoms with Crippen LogP contribution in [0.3, 0.4) is 0 Å². The van der Waals surface area contributed by atoms with Crippen molar-refractivity contribution in [1.82, 2.24) is 9.46 Å². The van der Waals surface area contributed by atoms with Gasteiger partial charge >= 0.3 is 5.97 Å². The maximum atomic E-state index is 12.6. The van der Waals surface area contributed by atoms with Crippen molar-refractivity contribution in [2.45, 2.75) is 44.0 Å². The van der Waals surface area contributed by atoms with Crippen molar-refractivity contribution in [3.05, 3.63) is 11.5 Å². The SMILES string of the molecule is Cc1noc(C)c1S(=O)(=O)N1CCCC[C@@H]1C(=O)O. The van der Waals surface area contributed by atoms with Gasteiger partial charge in [0.15, 0.2) is 5.76 Å². The smallest absolute Gasteiger partial charge is 0.322 e. The van der Waals surface area contributed by atoms with Crippen LogP contribution in [0.4, 0.5) is 0 Å². The number of carboxylic acid groups (broad SMARTS) is 1. The molecule has 1 aliphatic rings. The summed E-state index contributed by atoms with van der Waals surface area (Å²) in [6.45, 7) is 3.25. The fraction of sp³-hybridized carbons (Fsp3) is 0.636. The fourth-order valence-electron chi connectivity index (χ4n) is 2.40. The van der Waals surface area contributed by atoms with Crippen LogP contribution in [0.25, 0.3) is 0 Å². The zero-order valence-corrected chi connectivity index (χ0v) is 11.6. The van der Waals surface area contributed by atoms with Gasteiger partial charge in [0, 0.05) is 6.54 Å². The lowest BCUT2D eigenvalue weighted by Crippen LogP contribution is -2.48. The van der Waals surface area contributed by atoms with E-state index in [2.05, 4.69) is 5.16 Å². The van der Waals surface area contributed by atoms with Crippen LogP contribution in [0.2, 0.25) is 0 Å². The minimum Gasteiger partial charge on any atom is -0.480 e. The van der Waals surface area contributed by atoms with Crippen LogP contribution in [-0.4, -0.2) is 41.5 Å². The molecule has 0 aromatic carbocycles. The van der Waals surface area contributed by atoms with Crippen molar-refractivity contribution >= 4 is 16.0 Å². The zero-order valence-electron chi connectivity index (χ0n) is 10.8. The van der Waals surface area contributed by atoms with Gasteiger partial charge in [0.05, 0.1) is 0 Å². The van der Waals surface area contributed by atoms with Gasteiger partial charge in [-0.1, -0.05) is 5.16 Å². The first-order valence-electron chi connectivity index (χ1n) is 6.03. The average Bonchev–Trinajstić information content (AvgIpc) is 2.69. The Morgan fingerprint density at radius 2 is 2.11 bits per heavy atom. The van der Waals surface area contributed by atoms with Crippen molar-refractivity contribution < 1.29 is 22.8 Å². The number of hydrogen-bond acceptors (Lipinski definition) is 5. The van der Waals surface area contributed by atoms with E-state index < -0.39 is 22.0 Å². The van der Waals surface area contributed by atoms with Crippen LogP contribution < -0.4 is 0 Å². The minimum atomic E-state index is -3.88. The lowest BCUT2D eigenvalue weighted by molar-refractivity contribution is -0.142. The molecule has 2 rings (SSSR count). The van der Waals surface area contributed by atoms with Crippen molar-refractivity contribution in [3.63, 3.8) is 0 Å². The van der Waals surface area contributed by atoms with Crippen LogP contribution in [0.15, 0.2) is 9.42 Å². The molecule has 0 bridgehead atoms. The highest BCUT2D eigenvalue weighted by atomic mass is 32.2. The maximum absolute atomic E-state index is 12.6. The van der Waals surface area contributed by atoms with Crippen LogP contribution in [0, 0.1) is 13.8 Å². The lowest BCUT2D eigenvalue weighted by Gasteiger charge is -2.31. The third-order valence-corrected chi connectivity index (χ3v) is 5.43. The van der Waals surface area contributed by atoms with Crippen LogP contribution in [-0.2, 0) is 14.8 Å². The molecule has 0 radical (unpaired) electrons. The molecule has 0 saturated carbocycles. The number of piperidine rings is 1. The van der Waals surface area contributed by atoms with Crippen molar-refractivity contribution in [1.29, 1.82) is 0 Å². The van der Waals surface area contributed by atoms with Gasteiger partial charge in [0.2, 0.25) is 10.0 Å². The summed E-state index contributed by atoms with van der Waals surface area (Å²) in [5, 5.41) is 12.8. The highest BCUT2D eigenvalue weighted by molar-refractivity contribution is 7.89. The number of hydrogen-bond donors (Lipinski definition) is 1. The van der Waals surface area contributed by atoms with Crippen molar-refractivity contribution in [3.8, 4) is 0 Å². The first-order chi connectivity index (χ1) is 8.85. The minimum absolute atomic E-state index is 0.0133. The average molecular weight is 288 g/mol. The van der Waals surface area contributed by atoms with Gasteiger partial charge in [-0.25, -0.2) is 8.42 Å². The Labute approximate surface area is 111 Å². The third-order valence-electron chi connectivity index (χ3n) is 3.27. The van der Waals surface area contributed by atoms with E-state index in [1.54, 1.807) is 0 Å². The number of aliphatic carboxylic acids is 1. The molecule has 0 aliphatic carbocycles. The quantitative estimate of drug-likeness (QED) is 0.887. The predicted octanol–water partition coefficient (Wildman–Crippen LogP) is 0.919. The summed E-state index contributed by atoms with van der Waals surface area (Å²) >= 11 is 0. The normalized spacial score (nSPS) is 21.5. The van der Waals surface area contributed by atoms with E-state index >= 15 is 0 Å². The van der Waals surface area contributed by atoms with Gasteiger partial charge in [0.25, 0.3) is 0 Å². The van der Waals surface area contributed by atoms with E-state index in [0.29, 0.717) is 19.3 Å². The molecular weight excluding hydrogens is 272 g/mol. The number of rotatable bonds is 3. The largest absolute Gasteiger partial charge is 0.480 e. The number of aryl methyl sites for hydroxylation is 2. The fourth-order valence-corrected chi connectivity index (χ4v) is 4.35. The van der Waals surface area contributed by atoms with Gasteiger partial charge < -0.3 is 9.63 Å². The molecule has 1 N–H and O–H groups in total. The standard InChI is InChI=1S/C11H16N2O5S/c1-7-10(8(2)18-12-7)19(16,17)13-6-4-3-5-9(13)11(14)15/h9H,3-6H2,1-2H3,(H,14,15)/t9-/m1/s1. The Bertz CT molecular complexity index is 573. The Hall–Kier alpha value is -1.41. The topological polar surface area (TPSA) is 101 Å². The highest BCUT2D eigenvalue weighted by Gasteiger charge is 2.40. The van der Waals surface area contributed by atoms with Crippen LogP contribution in [0.1, 0.15) is 30.7 Å². The Kier molecular flexibility index (Phi) is 3.64. The van der Waals surface area contributed by atoms with Crippen molar-refractivity contribution in [2.75, 3.05) is 6.54 Å². The van der Waals surface area contributed by atoms with E-state index in [-0.39, 0.29) is 22.9 Å². The van der Waals surface area contributed by atoms with Gasteiger partial charge in [0.1, 0.15) is 16.6 Å². The maximum Gasteiger partial charge on any atom is 0.322 e. The summed E-state index contributed by atoms with van der Waals surface area (Å²) in [7, 11) is -3.88. The van der Waals surface area contributed by atoms with Crippen LogP contribution >= 0.6 is 0 Å². The first-order valence-corrected chi connectivity index (χ1v) is 7.47. The van der Waals surface area contributed by atoms with Gasteiger partial charge in [-0.05, 0) is 33.1 Å². The molecule has 1 aliphatic heterocycles. The Morgan fingerprint density at radius 3 is 2.63 bits per heavy atom. The highest BCUT2D eigenvalue weighted by Crippen LogP contribution is 2.29. The first kappa shape index (κ1) is 14.0. The molecule has 7 nitrogen and oxygen atoms in total. The number of nitrogens with zero attached hydrogens (tertiary/aromatic N) is 2. The molecule has 2 heterocycles. The molecule has 1 saturated heterocycles. The summed E-state index contributed by atoms with van der Waals surface area (Å²) in [4.78, 5) is 11.2. The summed E-state index contributed by atoms with van der Waals surface area (Å²) in [6, 6.07) is -1.01. The van der Waals surface area contributed by atoms with E-state index in [1.165, 1.54) is 13.8 Å². The third kappa shape index (κ3) is 2.37. The predicted molar refractivity (Wildman–Crippen MR) is 65.1 cm³/mol. The van der Waals surface area contributed by atoms with E-state index in [9.17, 15) is 13.2 Å². The number of sulfonamides is 1. The molecule has 0 spiro atoms. The molecule has 1 aromatic rings. The Morgan fingerprint density at radius 1 is 1.42 bits per heavy atom. The van der Waals surface area contributed by atoms with Crippen LogP contribution in [0.5, 0.6) is 0 Å². The number of carboxylic acids is 1. The monoisotopic (exact) mass is 288 g/mol. The van der Waals surface area contributed by atoms with E-state index in [0.717, 1.165) is 4.31 Å². The van der Waals surface area contributed by atoms with E-state index in [4.69, 9.17) is 9.63 Å². The molecule has 106 valence electrons. The summed E-state index contributed by atoms with van der Waals surface area (Å²) < 4.78 is 31.0. The molecule has 1 aromatic heterocycles. The van der Waals surface area contributed by atoms with Gasteiger partial charge in [-0.2, -0.15) is 4.31 Å². The lowest BCUT2D eigenvalue weighted by atomic mass is 10.1. The summed E-state index contributed by atoms with van der Waals surface area (Å²) in [5.41, 5.74) is 0.257. The van der Waals surface area contributed by atoms with Crippen molar-refractivity contribution in [2.24, 2.45) is 0 Å². The molecule has 8 heteroatoms. The molecule has 0 amide bonds. The van der Waals surface area contributed by atoms with Gasteiger partial charge in [-0.3, -0.25) is 4.79 Å². The van der Waals surface area contributed by atoms with Gasteiger partial charge in [-0.15, -0.1) is 0 Å². The Balaban J connectivity index is 2.46. The number of carbonyl (C=O) groups is 1. The zero-order chi connectivity index (χ0) is 14.2. The summed E-state index contributed by atoms with van der Waals surface area (Å²) in [5.74, 6) is -0.928. The van der Waals surface area contributed by atoms with E-state index in [1.807, 2.05) is 0 Å². The molecular formula is C11H16N2O5S. The second kappa shape index (κ2) is 4.93. The second-order valence-corrected chi connectivity index (χ2v) is 6.45. The molecule has 0 unspecified atom stereocenters. The second-order valence-electron chi connectivity index (χ2n) is 4.62. The molecule has 19 heavy (non-hydrogen) atoms. The number of aromatic nitrogens is 1.